The number of nitrogens with zero attached hydrogens (tertiary/aromatic N) is 3. The van der Waals surface area contributed by atoms with E-state index in [0.29, 0.717) is 31.1 Å². The monoisotopic (exact) mass is 530 g/mol. The van der Waals surface area contributed by atoms with Gasteiger partial charge in [0.25, 0.3) is 0 Å². The van der Waals surface area contributed by atoms with Crippen LogP contribution >= 0.6 is 0 Å². The molecule has 39 heavy (non-hydrogen) atoms. The zero-order valence-electron chi connectivity index (χ0n) is 23.3. The summed E-state index contributed by atoms with van der Waals surface area (Å²) in [7, 11) is 3.17. The number of nitrogens with one attached hydrogen (secondary N) is 3. The Morgan fingerprint density at radius 1 is 1.08 bits per heavy atom. The normalized spacial score (nSPS) is 16.0. The minimum atomic E-state index is -0.511. The van der Waals surface area contributed by atoms with Crippen LogP contribution in [0.1, 0.15) is 39.7 Å². The van der Waals surface area contributed by atoms with Gasteiger partial charge in [-0.1, -0.05) is 12.1 Å². The summed E-state index contributed by atoms with van der Waals surface area (Å²) in [5, 5.41) is 24.2. The number of aromatic nitrogens is 4. The standard InChI is InChI=1S/C28H35BN6O4/c1-27(2)28(3,4)39-29(38-27)20-9-11-24(31-5)21(15-20)25(30)36-12-7-13-37-26-22(17-33-35(26)6)18-8-10-23-19(14-18)16-32-34-23/h8-11,14-17,30-31H,7,12-13H2,1-6H3,(H,32,34). The molecule has 1 aliphatic heterocycles. The van der Waals surface area contributed by atoms with Gasteiger partial charge in [-0.05, 0) is 63.0 Å². The minimum Gasteiger partial charge on any atom is -0.477 e. The SMILES string of the molecule is CNc1ccc(B2OC(C)(C)C(C)(C)O2)cc1C(=N)OCCCOc1c(-c2ccc3[nH]ncc3c2)cnn1C. The second-order valence-corrected chi connectivity index (χ2v) is 10.7. The Balaban J connectivity index is 1.19. The molecule has 10 nitrogen and oxygen atoms in total. The zero-order chi connectivity index (χ0) is 27.8. The molecule has 0 unspecified atom stereocenters. The van der Waals surface area contributed by atoms with Crippen molar-refractivity contribution in [2.24, 2.45) is 7.05 Å². The van der Waals surface area contributed by atoms with E-state index in [1.807, 2.05) is 72.1 Å². The topological polar surface area (TPSA) is 119 Å². The summed E-state index contributed by atoms with van der Waals surface area (Å²) in [5.74, 6) is 0.757. The van der Waals surface area contributed by atoms with E-state index in [1.54, 1.807) is 17.1 Å². The van der Waals surface area contributed by atoms with Gasteiger partial charge in [0.15, 0.2) is 0 Å². The fraction of sp³-hybridized carbons (Fsp3) is 0.393. The number of hydrogen-bond acceptors (Lipinski definition) is 8. The van der Waals surface area contributed by atoms with Crippen LogP contribution < -0.4 is 15.5 Å². The molecule has 0 spiro atoms. The van der Waals surface area contributed by atoms with Gasteiger partial charge in [-0.25, -0.2) is 4.68 Å². The van der Waals surface area contributed by atoms with Crippen molar-refractivity contribution >= 4 is 35.1 Å². The van der Waals surface area contributed by atoms with Crippen molar-refractivity contribution in [1.82, 2.24) is 20.0 Å². The van der Waals surface area contributed by atoms with Crippen LogP contribution in [-0.2, 0) is 21.1 Å². The quantitative estimate of drug-likeness (QED) is 0.129. The number of anilines is 1. The highest BCUT2D eigenvalue weighted by atomic mass is 16.7. The molecule has 0 radical (unpaired) electrons. The summed E-state index contributed by atoms with van der Waals surface area (Å²) >= 11 is 0. The van der Waals surface area contributed by atoms with E-state index in [9.17, 15) is 0 Å². The van der Waals surface area contributed by atoms with Gasteiger partial charge in [-0.2, -0.15) is 10.2 Å². The summed E-state index contributed by atoms with van der Waals surface area (Å²) in [4.78, 5) is 0. The Kier molecular flexibility index (Phi) is 7.13. The van der Waals surface area contributed by atoms with Gasteiger partial charge in [0.05, 0.1) is 53.5 Å². The Hall–Kier alpha value is -3.83. The molecule has 3 heterocycles. The molecule has 1 fully saturated rings. The van der Waals surface area contributed by atoms with Crippen molar-refractivity contribution in [3.05, 3.63) is 54.4 Å². The smallest absolute Gasteiger partial charge is 0.477 e. The lowest BCUT2D eigenvalue weighted by molar-refractivity contribution is 0.00578. The second-order valence-electron chi connectivity index (χ2n) is 10.7. The van der Waals surface area contributed by atoms with Crippen LogP contribution in [0.15, 0.2) is 48.8 Å². The minimum absolute atomic E-state index is 0.0763. The van der Waals surface area contributed by atoms with E-state index in [-0.39, 0.29) is 5.90 Å². The molecule has 2 aromatic carbocycles. The molecule has 0 aliphatic carbocycles. The third-order valence-corrected chi connectivity index (χ3v) is 7.49. The maximum absolute atomic E-state index is 8.60. The Labute approximate surface area is 228 Å². The highest BCUT2D eigenvalue weighted by Crippen LogP contribution is 2.37. The summed E-state index contributed by atoms with van der Waals surface area (Å²) in [5.41, 5.74) is 4.30. The first kappa shape index (κ1) is 26.8. The number of ether oxygens (including phenoxy) is 2. The first-order chi connectivity index (χ1) is 18.6. The van der Waals surface area contributed by atoms with Crippen LogP contribution in [0.3, 0.4) is 0 Å². The molecule has 1 aliphatic rings. The van der Waals surface area contributed by atoms with Crippen LogP contribution in [0.5, 0.6) is 5.88 Å². The van der Waals surface area contributed by atoms with Crippen molar-refractivity contribution in [2.45, 2.75) is 45.3 Å². The van der Waals surface area contributed by atoms with Crippen molar-refractivity contribution in [2.75, 3.05) is 25.6 Å². The maximum Gasteiger partial charge on any atom is 0.494 e. The van der Waals surface area contributed by atoms with Crippen molar-refractivity contribution < 1.29 is 18.8 Å². The molecule has 204 valence electrons. The highest BCUT2D eigenvalue weighted by molar-refractivity contribution is 6.62. The third-order valence-electron chi connectivity index (χ3n) is 7.49. The molecule has 0 saturated carbocycles. The molecular weight excluding hydrogens is 495 g/mol. The van der Waals surface area contributed by atoms with Crippen molar-refractivity contribution in [3.63, 3.8) is 0 Å². The average molecular weight is 530 g/mol. The van der Waals surface area contributed by atoms with Gasteiger partial charge in [-0.15, -0.1) is 0 Å². The Bertz CT molecular complexity index is 1480. The zero-order valence-corrected chi connectivity index (χ0v) is 23.3. The van der Waals surface area contributed by atoms with E-state index < -0.39 is 18.3 Å². The molecule has 3 N–H and O–H groups in total. The van der Waals surface area contributed by atoms with E-state index in [2.05, 4.69) is 26.7 Å². The largest absolute Gasteiger partial charge is 0.494 e. The van der Waals surface area contributed by atoms with Crippen LogP contribution in [0.2, 0.25) is 0 Å². The predicted molar refractivity (Wildman–Crippen MR) is 153 cm³/mol. The molecule has 5 rings (SSSR count). The fourth-order valence-corrected chi connectivity index (χ4v) is 4.48. The predicted octanol–water partition coefficient (Wildman–Crippen LogP) is 4.12. The highest BCUT2D eigenvalue weighted by Gasteiger charge is 2.51. The first-order valence-corrected chi connectivity index (χ1v) is 13.1. The van der Waals surface area contributed by atoms with E-state index in [0.717, 1.165) is 33.2 Å². The third kappa shape index (κ3) is 5.24. The molecule has 0 atom stereocenters. The molecule has 0 amide bonds. The number of hydrogen-bond donors (Lipinski definition) is 3. The molecule has 11 heteroatoms. The average Bonchev–Trinajstić information content (AvgIpc) is 3.58. The van der Waals surface area contributed by atoms with Crippen LogP contribution in [0, 0.1) is 5.41 Å². The maximum atomic E-state index is 8.60. The van der Waals surface area contributed by atoms with Crippen LogP contribution in [-0.4, -0.2) is 64.5 Å². The lowest BCUT2D eigenvalue weighted by atomic mass is 9.78. The summed E-state index contributed by atoms with van der Waals surface area (Å²) in [6.07, 6.45) is 4.20. The Morgan fingerprint density at radius 3 is 2.59 bits per heavy atom. The second kappa shape index (κ2) is 10.4. The number of H-pyrrole nitrogens is 1. The Morgan fingerprint density at radius 2 is 1.85 bits per heavy atom. The van der Waals surface area contributed by atoms with E-state index in [4.69, 9.17) is 24.2 Å². The summed E-state index contributed by atoms with van der Waals surface area (Å²) in [6, 6.07) is 11.8. The number of aromatic amines is 1. The van der Waals surface area contributed by atoms with Gasteiger partial charge in [-0.3, -0.25) is 10.5 Å². The summed E-state index contributed by atoms with van der Waals surface area (Å²) in [6.45, 7) is 8.84. The molecule has 4 aromatic rings. The van der Waals surface area contributed by atoms with Gasteiger partial charge >= 0.3 is 7.12 Å². The molecule has 1 saturated heterocycles. The number of aryl methyl sites for hydroxylation is 1. The van der Waals surface area contributed by atoms with Gasteiger partial charge in [0.1, 0.15) is 0 Å². The lowest BCUT2D eigenvalue weighted by Gasteiger charge is -2.32. The molecular formula is C28H35BN6O4. The molecule has 0 bridgehead atoms. The van der Waals surface area contributed by atoms with Gasteiger partial charge in [0.2, 0.25) is 11.8 Å². The van der Waals surface area contributed by atoms with Crippen molar-refractivity contribution in [3.8, 4) is 17.0 Å². The number of rotatable bonds is 9. The van der Waals surface area contributed by atoms with E-state index >= 15 is 0 Å². The van der Waals surface area contributed by atoms with Gasteiger partial charge in [0, 0.05) is 31.6 Å². The van der Waals surface area contributed by atoms with Crippen molar-refractivity contribution in [1.29, 1.82) is 5.41 Å². The van der Waals surface area contributed by atoms with Crippen LogP contribution in [0.4, 0.5) is 5.69 Å². The number of fused-ring (bicyclic) bond motifs is 1. The lowest BCUT2D eigenvalue weighted by Crippen LogP contribution is -2.41. The first-order valence-electron chi connectivity index (χ1n) is 13.1. The number of benzene rings is 2. The summed E-state index contributed by atoms with van der Waals surface area (Å²) < 4.78 is 26.0. The van der Waals surface area contributed by atoms with E-state index in [1.165, 1.54) is 0 Å². The van der Waals surface area contributed by atoms with Crippen LogP contribution in [0.25, 0.3) is 22.0 Å². The van der Waals surface area contributed by atoms with Gasteiger partial charge < -0.3 is 24.1 Å². The fourth-order valence-electron chi connectivity index (χ4n) is 4.48. The molecule has 2 aromatic heterocycles.